The minimum absolute atomic E-state index is 0.170. The first-order chi connectivity index (χ1) is 12.5. The van der Waals surface area contributed by atoms with Crippen LogP contribution in [0.25, 0.3) is 5.69 Å². The lowest BCUT2D eigenvalue weighted by molar-refractivity contribution is 0.0696. The number of hydrogen-bond acceptors (Lipinski definition) is 3. The van der Waals surface area contributed by atoms with Gasteiger partial charge >= 0.3 is 5.97 Å². The number of carboxylic acids is 1. The van der Waals surface area contributed by atoms with Gasteiger partial charge in [0.25, 0.3) is 5.91 Å². The normalized spacial score (nSPS) is 10.8. The van der Waals surface area contributed by atoms with Crippen LogP contribution in [0.1, 0.15) is 26.4 Å². The van der Waals surface area contributed by atoms with Gasteiger partial charge in [0.15, 0.2) is 0 Å². The van der Waals surface area contributed by atoms with Crippen molar-refractivity contribution in [3.63, 3.8) is 0 Å². The second kappa shape index (κ2) is 7.43. The molecule has 2 aromatic carbocycles. The van der Waals surface area contributed by atoms with Crippen molar-refractivity contribution in [1.82, 2.24) is 9.99 Å². The predicted molar refractivity (Wildman–Crippen MR) is 94.2 cm³/mol. The Labute approximate surface area is 148 Å². The Bertz CT molecular complexity index is 978. The molecule has 0 saturated carbocycles. The van der Waals surface area contributed by atoms with Gasteiger partial charge in [-0.1, -0.05) is 6.07 Å². The molecule has 0 aliphatic heterocycles. The summed E-state index contributed by atoms with van der Waals surface area (Å²) in [5.74, 6) is -1.90. The van der Waals surface area contributed by atoms with Crippen molar-refractivity contribution in [2.45, 2.75) is 0 Å². The standard InChI is InChI=1S/C19H14FN3O3/c20-15-8-6-13(7-9-15)18(24)22-21-12-17-5-2-10-23(17)16-4-1-3-14(11-16)19(25)26/h1-12H,(H,22,24)(H,25,26)/b21-12-. The van der Waals surface area contributed by atoms with Crippen LogP contribution < -0.4 is 5.43 Å². The summed E-state index contributed by atoms with van der Waals surface area (Å²) in [4.78, 5) is 23.0. The highest BCUT2D eigenvalue weighted by Gasteiger charge is 2.07. The summed E-state index contributed by atoms with van der Waals surface area (Å²) in [6.45, 7) is 0. The number of rotatable bonds is 5. The van der Waals surface area contributed by atoms with E-state index in [4.69, 9.17) is 5.11 Å². The van der Waals surface area contributed by atoms with Gasteiger partial charge in [-0.15, -0.1) is 0 Å². The highest BCUT2D eigenvalue weighted by atomic mass is 19.1. The van der Waals surface area contributed by atoms with Crippen LogP contribution in [0.4, 0.5) is 4.39 Å². The van der Waals surface area contributed by atoms with E-state index < -0.39 is 17.7 Å². The van der Waals surface area contributed by atoms with Crippen molar-refractivity contribution in [2.24, 2.45) is 5.10 Å². The van der Waals surface area contributed by atoms with Gasteiger partial charge in [0.2, 0.25) is 0 Å². The number of amides is 1. The SMILES string of the molecule is O=C(O)c1cccc(-n2cccc2/C=N\NC(=O)c2ccc(F)cc2)c1. The van der Waals surface area contributed by atoms with Gasteiger partial charge in [0, 0.05) is 17.4 Å². The molecule has 2 N–H and O–H groups in total. The summed E-state index contributed by atoms with van der Waals surface area (Å²) in [7, 11) is 0. The van der Waals surface area contributed by atoms with E-state index in [0.29, 0.717) is 11.4 Å². The molecule has 1 heterocycles. The summed E-state index contributed by atoms with van der Waals surface area (Å²) in [6, 6.07) is 15.1. The molecule has 0 saturated heterocycles. The molecule has 0 spiro atoms. The number of hydrogen-bond donors (Lipinski definition) is 2. The van der Waals surface area contributed by atoms with E-state index in [1.54, 1.807) is 35.0 Å². The highest BCUT2D eigenvalue weighted by molar-refractivity contribution is 5.94. The van der Waals surface area contributed by atoms with E-state index in [1.807, 2.05) is 0 Å². The number of nitrogens with zero attached hydrogens (tertiary/aromatic N) is 2. The van der Waals surface area contributed by atoms with E-state index in [9.17, 15) is 14.0 Å². The average molecular weight is 351 g/mol. The van der Waals surface area contributed by atoms with Crippen LogP contribution in [0.15, 0.2) is 72.0 Å². The van der Waals surface area contributed by atoms with Crippen LogP contribution in [0, 0.1) is 5.82 Å². The fourth-order valence-electron chi connectivity index (χ4n) is 2.35. The fraction of sp³-hybridized carbons (Fsp3) is 0. The van der Waals surface area contributed by atoms with E-state index in [1.165, 1.54) is 42.6 Å². The van der Waals surface area contributed by atoms with Gasteiger partial charge < -0.3 is 9.67 Å². The number of carbonyl (C=O) groups excluding carboxylic acids is 1. The molecule has 0 aliphatic rings. The lowest BCUT2D eigenvalue weighted by atomic mass is 10.2. The first kappa shape index (κ1) is 17.1. The third kappa shape index (κ3) is 3.84. The highest BCUT2D eigenvalue weighted by Crippen LogP contribution is 2.14. The summed E-state index contributed by atoms with van der Waals surface area (Å²) < 4.78 is 14.6. The average Bonchev–Trinajstić information content (AvgIpc) is 3.11. The summed E-state index contributed by atoms with van der Waals surface area (Å²) in [5.41, 5.74) is 4.12. The minimum Gasteiger partial charge on any atom is -0.478 e. The van der Waals surface area contributed by atoms with Crippen LogP contribution in [0.2, 0.25) is 0 Å². The van der Waals surface area contributed by atoms with Gasteiger partial charge in [-0.3, -0.25) is 4.79 Å². The van der Waals surface area contributed by atoms with Crippen molar-refractivity contribution < 1.29 is 19.1 Å². The molecule has 3 rings (SSSR count). The monoisotopic (exact) mass is 351 g/mol. The third-order valence-corrected chi connectivity index (χ3v) is 3.62. The van der Waals surface area contributed by atoms with Gasteiger partial charge in [0.05, 0.1) is 17.5 Å². The van der Waals surface area contributed by atoms with E-state index >= 15 is 0 Å². The molecule has 26 heavy (non-hydrogen) atoms. The van der Waals surface area contributed by atoms with Gasteiger partial charge in [-0.2, -0.15) is 5.10 Å². The van der Waals surface area contributed by atoms with Crippen molar-refractivity contribution in [2.75, 3.05) is 0 Å². The Balaban J connectivity index is 1.75. The molecule has 130 valence electrons. The Morgan fingerprint density at radius 2 is 1.81 bits per heavy atom. The number of benzene rings is 2. The molecule has 0 unspecified atom stereocenters. The zero-order valence-electron chi connectivity index (χ0n) is 13.5. The second-order valence-corrected chi connectivity index (χ2v) is 5.36. The summed E-state index contributed by atoms with van der Waals surface area (Å²) >= 11 is 0. The van der Waals surface area contributed by atoms with E-state index in [-0.39, 0.29) is 11.1 Å². The third-order valence-electron chi connectivity index (χ3n) is 3.62. The topological polar surface area (TPSA) is 83.7 Å². The van der Waals surface area contributed by atoms with Crippen LogP contribution in [0.5, 0.6) is 0 Å². The summed E-state index contributed by atoms with van der Waals surface area (Å²) in [6.07, 6.45) is 3.19. The van der Waals surface area contributed by atoms with Crippen LogP contribution >= 0.6 is 0 Å². The maximum atomic E-state index is 12.9. The molecule has 0 bridgehead atoms. The molecule has 7 heteroatoms. The maximum Gasteiger partial charge on any atom is 0.335 e. The quantitative estimate of drug-likeness (QED) is 0.547. The lowest BCUT2D eigenvalue weighted by Gasteiger charge is -2.07. The number of halogens is 1. The Morgan fingerprint density at radius 1 is 1.04 bits per heavy atom. The molecular weight excluding hydrogens is 337 g/mol. The molecule has 0 fully saturated rings. The van der Waals surface area contributed by atoms with Crippen molar-refractivity contribution in [3.05, 3.63) is 89.5 Å². The van der Waals surface area contributed by atoms with Crippen LogP contribution in [0.3, 0.4) is 0 Å². The molecule has 0 radical (unpaired) electrons. The van der Waals surface area contributed by atoms with Gasteiger partial charge in [-0.25, -0.2) is 14.6 Å². The Hall–Kier alpha value is -3.74. The molecule has 1 amide bonds. The van der Waals surface area contributed by atoms with Crippen LogP contribution in [-0.2, 0) is 0 Å². The van der Waals surface area contributed by atoms with E-state index in [0.717, 1.165) is 0 Å². The Morgan fingerprint density at radius 3 is 2.54 bits per heavy atom. The largest absolute Gasteiger partial charge is 0.478 e. The Kier molecular flexibility index (Phi) is 4.89. The first-order valence-electron chi connectivity index (χ1n) is 7.64. The lowest BCUT2D eigenvalue weighted by Crippen LogP contribution is -2.17. The number of hydrazone groups is 1. The zero-order chi connectivity index (χ0) is 18.5. The zero-order valence-corrected chi connectivity index (χ0v) is 13.5. The van der Waals surface area contributed by atoms with E-state index in [2.05, 4.69) is 10.5 Å². The molecule has 1 aromatic heterocycles. The number of nitrogens with one attached hydrogen (secondary N) is 1. The molecule has 0 aliphatic carbocycles. The molecule has 3 aromatic rings. The van der Waals surface area contributed by atoms with Crippen molar-refractivity contribution >= 4 is 18.1 Å². The molecular formula is C19H14FN3O3. The van der Waals surface area contributed by atoms with Crippen molar-refractivity contribution in [3.8, 4) is 5.69 Å². The fourth-order valence-corrected chi connectivity index (χ4v) is 2.35. The number of aromatic carboxylic acids is 1. The summed E-state index contributed by atoms with van der Waals surface area (Å²) in [5, 5.41) is 13.0. The molecule has 6 nitrogen and oxygen atoms in total. The number of carbonyl (C=O) groups is 2. The van der Waals surface area contributed by atoms with Gasteiger partial charge in [-0.05, 0) is 54.6 Å². The minimum atomic E-state index is -1.01. The first-order valence-corrected chi connectivity index (χ1v) is 7.64. The number of carboxylic acid groups (broad SMARTS) is 1. The number of aromatic nitrogens is 1. The smallest absolute Gasteiger partial charge is 0.335 e. The van der Waals surface area contributed by atoms with Gasteiger partial charge in [0.1, 0.15) is 5.82 Å². The maximum absolute atomic E-state index is 12.9. The predicted octanol–water partition coefficient (Wildman–Crippen LogP) is 3.08. The van der Waals surface area contributed by atoms with Crippen LogP contribution in [-0.4, -0.2) is 27.8 Å². The molecule has 0 atom stereocenters. The second-order valence-electron chi connectivity index (χ2n) is 5.36. The van der Waals surface area contributed by atoms with Crippen molar-refractivity contribution in [1.29, 1.82) is 0 Å².